The van der Waals surface area contributed by atoms with Gasteiger partial charge in [-0.1, -0.05) is 42.0 Å². The number of hydrogen-bond acceptors (Lipinski definition) is 4. The lowest BCUT2D eigenvalue weighted by Gasteiger charge is -2.12. The fraction of sp³-hybridized carbons (Fsp3) is 0.0800. The van der Waals surface area contributed by atoms with Crippen molar-refractivity contribution < 1.29 is 13.6 Å². The van der Waals surface area contributed by atoms with Crippen LogP contribution >= 0.6 is 0 Å². The van der Waals surface area contributed by atoms with Crippen molar-refractivity contribution in [2.24, 2.45) is 0 Å². The van der Waals surface area contributed by atoms with Gasteiger partial charge in [-0.3, -0.25) is 14.2 Å². The van der Waals surface area contributed by atoms with Crippen molar-refractivity contribution in [1.82, 2.24) is 9.13 Å². The average Bonchev–Trinajstić information content (AvgIpc) is 3.19. The van der Waals surface area contributed by atoms with E-state index in [1.807, 2.05) is 6.92 Å². The van der Waals surface area contributed by atoms with Crippen LogP contribution in [0, 0.1) is 12.7 Å². The summed E-state index contributed by atoms with van der Waals surface area (Å²) in [5, 5.41) is 3.01. The fourth-order valence-corrected chi connectivity index (χ4v) is 3.81. The Kier molecular flexibility index (Phi) is 4.90. The SMILES string of the molecule is Cc1ccc(-n2c(=O)c3oc4ccccc4c3n(CC(=O)Nc3ccccc3F)c2=O)cc1. The maximum atomic E-state index is 14.0. The van der Waals surface area contributed by atoms with E-state index in [1.54, 1.807) is 54.6 Å². The molecule has 164 valence electrons. The third kappa shape index (κ3) is 3.51. The minimum atomic E-state index is -0.702. The monoisotopic (exact) mass is 443 g/mol. The topological polar surface area (TPSA) is 86.2 Å². The first-order chi connectivity index (χ1) is 15.9. The molecule has 2 aromatic heterocycles. The van der Waals surface area contributed by atoms with E-state index in [9.17, 15) is 18.8 Å². The van der Waals surface area contributed by atoms with E-state index in [0.717, 1.165) is 10.1 Å². The number of carbonyl (C=O) groups excluding carboxylic acids is 1. The molecule has 0 radical (unpaired) electrons. The highest BCUT2D eigenvalue weighted by Gasteiger charge is 2.22. The minimum Gasteiger partial charge on any atom is -0.449 e. The van der Waals surface area contributed by atoms with Crippen molar-refractivity contribution in [2.75, 3.05) is 5.32 Å². The maximum Gasteiger partial charge on any atom is 0.336 e. The van der Waals surface area contributed by atoms with Crippen LogP contribution in [0.15, 0.2) is 86.8 Å². The molecule has 0 unspecified atom stereocenters. The quantitative estimate of drug-likeness (QED) is 0.455. The van der Waals surface area contributed by atoms with Crippen LogP contribution in [0.2, 0.25) is 0 Å². The van der Waals surface area contributed by atoms with Gasteiger partial charge in [-0.15, -0.1) is 0 Å². The molecule has 5 aromatic rings. The van der Waals surface area contributed by atoms with Gasteiger partial charge in [-0.05, 0) is 43.3 Å². The van der Waals surface area contributed by atoms with Crippen molar-refractivity contribution in [2.45, 2.75) is 13.5 Å². The van der Waals surface area contributed by atoms with Crippen LogP contribution in [-0.2, 0) is 11.3 Å². The first kappa shape index (κ1) is 20.4. The minimum absolute atomic E-state index is 0.00398. The summed E-state index contributed by atoms with van der Waals surface area (Å²) in [6, 6.07) is 19.5. The lowest BCUT2D eigenvalue weighted by Crippen LogP contribution is -2.40. The molecule has 33 heavy (non-hydrogen) atoms. The van der Waals surface area contributed by atoms with Crippen LogP contribution in [0.1, 0.15) is 5.56 Å². The lowest BCUT2D eigenvalue weighted by atomic mass is 10.2. The second-order valence-electron chi connectivity index (χ2n) is 7.65. The second kappa shape index (κ2) is 7.90. The highest BCUT2D eigenvalue weighted by Crippen LogP contribution is 2.26. The molecule has 8 heteroatoms. The van der Waals surface area contributed by atoms with Crippen LogP contribution in [0.5, 0.6) is 0 Å². The number of furan rings is 1. The van der Waals surface area contributed by atoms with Crippen molar-refractivity contribution >= 4 is 33.7 Å². The number of aryl methyl sites for hydroxylation is 1. The predicted molar refractivity (Wildman–Crippen MR) is 123 cm³/mol. The van der Waals surface area contributed by atoms with Gasteiger partial charge in [0.1, 0.15) is 23.5 Å². The molecule has 0 atom stereocenters. The summed E-state index contributed by atoms with van der Waals surface area (Å²) in [5.74, 6) is -1.22. The lowest BCUT2D eigenvalue weighted by molar-refractivity contribution is -0.116. The van der Waals surface area contributed by atoms with Gasteiger partial charge in [0.15, 0.2) is 0 Å². The Balaban J connectivity index is 1.73. The van der Waals surface area contributed by atoms with E-state index in [-0.39, 0.29) is 16.8 Å². The van der Waals surface area contributed by atoms with Crippen LogP contribution in [0.3, 0.4) is 0 Å². The van der Waals surface area contributed by atoms with Gasteiger partial charge in [-0.2, -0.15) is 0 Å². The summed E-state index contributed by atoms with van der Waals surface area (Å²) >= 11 is 0. The number of fused-ring (bicyclic) bond motifs is 3. The standard InChI is InChI=1S/C25H18FN3O4/c1-15-10-12-16(13-11-15)29-24(31)23-22(17-6-2-5-9-20(17)33-23)28(25(29)32)14-21(30)27-19-8-4-3-7-18(19)26/h2-13H,14H2,1H3,(H,27,30). The number of amides is 1. The number of halogens is 1. The second-order valence-corrected chi connectivity index (χ2v) is 7.65. The Hall–Kier alpha value is -4.46. The molecule has 0 aliphatic rings. The van der Waals surface area contributed by atoms with Gasteiger partial charge in [0.25, 0.3) is 0 Å². The summed E-state index contributed by atoms with van der Waals surface area (Å²) in [6.07, 6.45) is 0. The third-order valence-electron chi connectivity index (χ3n) is 5.40. The van der Waals surface area contributed by atoms with Gasteiger partial charge in [-0.25, -0.2) is 13.8 Å². The molecule has 0 saturated heterocycles. The molecule has 7 nitrogen and oxygen atoms in total. The summed E-state index contributed by atoms with van der Waals surface area (Å²) in [4.78, 5) is 39.6. The van der Waals surface area contributed by atoms with Gasteiger partial charge in [0.05, 0.1) is 11.4 Å². The Morgan fingerprint density at radius 1 is 0.970 bits per heavy atom. The van der Waals surface area contributed by atoms with E-state index >= 15 is 0 Å². The third-order valence-corrected chi connectivity index (χ3v) is 5.40. The highest BCUT2D eigenvalue weighted by molar-refractivity contribution is 6.03. The summed E-state index contributed by atoms with van der Waals surface area (Å²) in [5.41, 5.74) is 0.558. The number of anilines is 1. The summed E-state index contributed by atoms with van der Waals surface area (Å²) in [6.45, 7) is 1.44. The highest BCUT2D eigenvalue weighted by atomic mass is 19.1. The molecule has 2 heterocycles. The Bertz CT molecular complexity index is 1650. The van der Waals surface area contributed by atoms with E-state index in [0.29, 0.717) is 16.7 Å². The number of hydrogen-bond donors (Lipinski definition) is 1. The molecule has 3 aromatic carbocycles. The number of nitrogens with one attached hydrogen (secondary N) is 1. The van der Waals surface area contributed by atoms with Gasteiger partial charge >= 0.3 is 11.2 Å². The Morgan fingerprint density at radius 3 is 2.42 bits per heavy atom. The fourth-order valence-electron chi connectivity index (χ4n) is 3.81. The van der Waals surface area contributed by atoms with Gasteiger partial charge in [0, 0.05) is 5.39 Å². The molecule has 0 spiro atoms. The van der Waals surface area contributed by atoms with Gasteiger partial charge < -0.3 is 9.73 Å². The molecule has 5 rings (SSSR count). The zero-order valence-corrected chi connectivity index (χ0v) is 17.5. The zero-order valence-electron chi connectivity index (χ0n) is 17.5. The molecule has 0 aliphatic heterocycles. The van der Waals surface area contributed by atoms with Crippen molar-refractivity contribution in [3.8, 4) is 5.69 Å². The Labute approximate surface area is 186 Å². The molecular formula is C25H18FN3O4. The summed E-state index contributed by atoms with van der Waals surface area (Å²) in [7, 11) is 0. The molecule has 0 fully saturated rings. The number of para-hydroxylation sites is 2. The number of carbonyl (C=O) groups is 1. The molecule has 1 N–H and O–H groups in total. The van der Waals surface area contributed by atoms with Crippen LogP contribution in [0.25, 0.3) is 27.8 Å². The van der Waals surface area contributed by atoms with Crippen LogP contribution < -0.4 is 16.6 Å². The van der Waals surface area contributed by atoms with Crippen molar-refractivity contribution in [3.63, 3.8) is 0 Å². The zero-order chi connectivity index (χ0) is 23.1. The normalized spacial score (nSPS) is 11.2. The number of nitrogens with zero attached hydrogens (tertiary/aromatic N) is 2. The number of aromatic nitrogens is 2. The first-order valence-electron chi connectivity index (χ1n) is 10.2. The average molecular weight is 443 g/mol. The summed E-state index contributed by atoms with van der Waals surface area (Å²) < 4.78 is 22.0. The van der Waals surface area contributed by atoms with E-state index < -0.39 is 29.5 Å². The van der Waals surface area contributed by atoms with Crippen LogP contribution in [0.4, 0.5) is 10.1 Å². The van der Waals surface area contributed by atoms with Crippen LogP contribution in [-0.4, -0.2) is 15.0 Å². The smallest absolute Gasteiger partial charge is 0.336 e. The molecular weight excluding hydrogens is 425 g/mol. The largest absolute Gasteiger partial charge is 0.449 e. The maximum absolute atomic E-state index is 14.0. The van der Waals surface area contributed by atoms with E-state index in [4.69, 9.17) is 4.42 Å². The van der Waals surface area contributed by atoms with E-state index in [2.05, 4.69) is 5.32 Å². The molecule has 1 amide bonds. The first-order valence-corrected chi connectivity index (χ1v) is 10.2. The van der Waals surface area contributed by atoms with Crippen molar-refractivity contribution in [1.29, 1.82) is 0 Å². The molecule has 0 saturated carbocycles. The number of rotatable bonds is 4. The van der Waals surface area contributed by atoms with Gasteiger partial charge in [0.2, 0.25) is 11.5 Å². The Morgan fingerprint density at radius 2 is 1.67 bits per heavy atom. The number of benzene rings is 3. The molecule has 0 aliphatic carbocycles. The predicted octanol–water partition coefficient (Wildman–Crippen LogP) is 3.98. The van der Waals surface area contributed by atoms with E-state index in [1.165, 1.54) is 22.8 Å². The molecule has 0 bridgehead atoms. The van der Waals surface area contributed by atoms with Crippen molar-refractivity contribution in [3.05, 3.63) is 105 Å².